The highest BCUT2D eigenvalue weighted by Crippen LogP contribution is 2.42. The molecule has 1 aliphatic carbocycles. The van der Waals surface area contributed by atoms with E-state index in [0.717, 1.165) is 17.0 Å². The van der Waals surface area contributed by atoms with Crippen LogP contribution in [0, 0.1) is 0 Å². The van der Waals surface area contributed by atoms with Gasteiger partial charge in [-0.1, -0.05) is 53.3 Å². The van der Waals surface area contributed by atoms with E-state index in [1.54, 1.807) is 10.8 Å². The molecule has 3 rings (SSSR count). The fraction of sp³-hybridized carbons (Fsp3) is 0.188. The smallest absolute Gasteiger partial charge is 0.140 e. The molecule has 0 amide bonds. The maximum Gasteiger partial charge on any atom is 0.140 e. The Labute approximate surface area is 141 Å². The van der Waals surface area contributed by atoms with E-state index in [1.165, 1.54) is 10.0 Å². The van der Waals surface area contributed by atoms with Crippen LogP contribution in [0.15, 0.2) is 42.5 Å². The number of fused-ring (bicyclic) bond motifs is 1. The van der Waals surface area contributed by atoms with Gasteiger partial charge >= 0.3 is 0 Å². The Hall–Kier alpha value is -1.14. The number of halogens is 1. The zero-order chi connectivity index (χ0) is 15.6. The van der Waals surface area contributed by atoms with Gasteiger partial charge in [-0.2, -0.15) is 0 Å². The molecule has 3 nitrogen and oxygen atoms in total. The number of aromatic amines is 1. The second-order valence-electron chi connectivity index (χ2n) is 5.23. The highest BCUT2D eigenvalue weighted by molar-refractivity contribution is 8.85. The van der Waals surface area contributed by atoms with Crippen LogP contribution in [0.2, 0.25) is 0 Å². The number of aliphatic hydroxyl groups excluding tert-OH is 1. The van der Waals surface area contributed by atoms with Crippen LogP contribution in [0.5, 0.6) is 0 Å². The largest absolute Gasteiger partial charge is 0.380 e. The summed E-state index contributed by atoms with van der Waals surface area (Å²) in [5.41, 5.74) is 2.54. The van der Waals surface area contributed by atoms with E-state index in [0.29, 0.717) is 5.82 Å². The minimum absolute atomic E-state index is 0.174. The van der Waals surface area contributed by atoms with Crippen molar-refractivity contribution in [1.29, 1.82) is 0 Å². The molecule has 0 saturated heterocycles. The van der Waals surface area contributed by atoms with Crippen molar-refractivity contribution >= 4 is 43.6 Å². The van der Waals surface area contributed by atoms with E-state index in [9.17, 15) is 5.11 Å². The second-order valence-corrected chi connectivity index (χ2v) is 8.42. The molecule has 6 heteroatoms. The van der Waals surface area contributed by atoms with Gasteiger partial charge in [-0.05, 0) is 35.3 Å². The van der Waals surface area contributed by atoms with Crippen molar-refractivity contribution in [2.24, 2.45) is 0 Å². The highest BCUT2D eigenvalue weighted by Gasteiger charge is 2.23. The van der Waals surface area contributed by atoms with Crippen LogP contribution in [0.25, 0.3) is 12.2 Å². The normalized spacial score (nSPS) is 17.0. The first kappa shape index (κ1) is 15.7. The molecule has 0 spiro atoms. The van der Waals surface area contributed by atoms with Gasteiger partial charge in [-0.25, -0.2) is 4.98 Å². The van der Waals surface area contributed by atoms with Crippen LogP contribution in [0.3, 0.4) is 0 Å². The van der Waals surface area contributed by atoms with Crippen molar-refractivity contribution in [3.8, 4) is 0 Å². The van der Waals surface area contributed by atoms with Gasteiger partial charge in [-0.3, -0.25) is 0 Å². The maximum atomic E-state index is 10.4. The molecule has 0 fully saturated rings. The summed E-state index contributed by atoms with van der Waals surface area (Å²) in [6.45, 7) is 2.09. The number of hydrogen-bond acceptors (Lipinski definition) is 4. The fourth-order valence-electron chi connectivity index (χ4n) is 2.27. The predicted octanol–water partition coefficient (Wildman–Crippen LogP) is 4.83. The van der Waals surface area contributed by atoms with Gasteiger partial charge in [0, 0.05) is 10.0 Å². The topological polar surface area (TPSA) is 48.9 Å². The highest BCUT2D eigenvalue weighted by atomic mass is 35.7. The number of nitrogens with zero attached hydrogens (tertiary/aromatic N) is 1. The van der Waals surface area contributed by atoms with E-state index in [2.05, 4.69) is 29.0 Å². The van der Waals surface area contributed by atoms with E-state index in [4.69, 9.17) is 10.7 Å². The predicted molar refractivity (Wildman–Crippen MR) is 96.6 cm³/mol. The lowest BCUT2D eigenvalue weighted by Gasteiger charge is -2.17. The lowest BCUT2D eigenvalue weighted by Crippen LogP contribution is -2.09. The van der Waals surface area contributed by atoms with Crippen LogP contribution in [0.4, 0.5) is 0 Å². The monoisotopic (exact) mass is 350 g/mol. The number of aliphatic hydroxyl groups is 1. The lowest BCUT2D eigenvalue weighted by atomic mass is 10.1. The van der Waals surface area contributed by atoms with E-state index < -0.39 is 6.10 Å². The molecule has 1 heterocycles. The molecule has 0 aliphatic heterocycles. The van der Waals surface area contributed by atoms with E-state index in [1.807, 2.05) is 42.5 Å². The molecule has 2 unspecified atom stereocenters. The van der Waals surface area contributed by atoms with Crippen LogP contribution in [0.1, 0.15) is 35.8 Å². The van der Waals surface area contributed by atoms with Crippen LogP contribution in [-0.4, -0.2) is 19.8 Å². The summed E-state index contributed by atoms with van der Waals surface area (Å²) in [6, 6.07) is 9.49. The molecular formula is C16H15ClN2OS2. The molecule has 0 radical (unpaired) electrons. The van der Waals surface area contributed by atoms with Crippen LogP contribution >= 0.6 is 31.5 Å². The summed E-state index contributed by atoms with van der Waals surface area (Å²) in [6.07, 6.45) is 7.34. The summed E-state index contributed by atoms with van der Waals surface area (Å²) in [7, 11) is 8.54. The molecule has 114 valence electrons. The van der Waals surface area contributed by atoms with Gasteiger partial charge in [0.05, 0.1) is 16.1 Å². The van der Waals surface area contributed by atoms with E-state index in [-0.39, 0.29) is 4.75 Å². The van der Waals surface area contributed by atoms with Crippen molar-refractivity contribution in [1.82, 2.24) is 9.97 Å². The second kappa shape index (κ2) is 6.54. The number of benzene rings is 1. The third-order valence-electron chi connectivity index (χ3n) is 3.52. The minimum Gasteiger partial charge on any atom is -0.380 e. The number of H-pyrrole nitrogens is 1. The zero-order valence-electron chi connectivity index (χ0n) is 11.9. The molecule has 0 saturated carbocycles. The summed E-state index contributed by atoms with van der Waals surface area (Å²) in [5.74, 6) is 0.550. The molecule has 1 aromatic heterocycles. The Morgan fingerprint density at radius 2 is 1.95 bits per heavy atom. The zero-order valence-corrected chi connectivity index (χ0v) is 14.3. The number of rotatable bonds is 4. The van der Waals surface area contributed by atoms with E-state index >= 15 is 0 Å². The van der Waals surface area contributed by atoms with Gasteiger partial charge in [0.15, 0.2) is 0 Å². The third kappa shape index (κ3) is 3.27. The Morgan fingerprint density at radius 3 is 2.68 bits per heavy atom. The molecule has 0 bridgehead atoms. The first-order valence-corrected chi connectivity index (χ1v) is 9.77. The van der Waals surface area contributed by atoms with Crippen molar-refractivity contribution < 1.29 is 5.11 Å². The van der Waals surface area contributed by atoms with Gasteiger partial charge in [0.1, 0.15) is 11.9 Å². The van der Waals surface area contributed by atoms with Gasteiger partial charge in [0.2, 0.25) is 0 Å². The molecule has 2 aromatic rings. The summed E-state index contributed by atoms with van der Waals surface area (Å²) >= 11 is 0. The van der Waals surface area contributed by atoms with Gasteiger partial charge < -0.3 is 10.1 Å². The first-order chi connectivity index (χ1) is 10.6. The number of hydrogen-bond donors (Lipinski definition) is 2. The Balaban J connectivity index is 1.89. The van der Waals surface area contributed by atoms with Crippen molar-refractivity contribution in [3.63, 3.8) is 0 Å². The number of imidazole rings is 1. The van der Waals surface area contributed by atoms with Crippen molar-refractivity contribution in [2.45, 2.75) is 17.8 Å². The molecule has 22 heavy (non-hydrogen) atoms. The van der Waals surface area contributed by atoms with Crippen LogP contribution < -0.4 is 0 Å². The van der Waals surface area contributed by atoms with Gasteiger partial charge in [0.25, 0.3) is 0 Å². The lowest BCUT2D eigenvalue weighted by molar-refractivity contribution is 0.211. The minimum atomic E-state index is -0.755. The SMILES string of the molecule is CC1(SSCl)C=Cc2nc(C(O)c3ccccc3)[nH]c2C=C1. The summed E-state index contributed by atoms with van der Waals surface area (Å²) in [4.78, 5) is 7.72. The molecule has 1 aliphatic rings. The molecule has 2 atom stereocenters. The standard InChI is InChI=1S/C16H15ClN2OS2/c1-16(21-22-17)9-7-12-13(8-10-16)19-15(18-12)14(20)11-5-3-2-4-6-11/h2-10,14,20H,1H3,(H,18,19). The maximum absolute atomic E-state index is 10.4. The first-order valence-electron chi connectivity index (χ1n) is 6.79. The Kier molecular flexibility index (Phi) is 4.68. The van der Waals surface area contributed by atoms with Crippen molar-refractivity contribution in [2.75, 3.05) is 0 Å². The number of aromatic nitrogens is 2. The molecular weight excluding hydrogens is 336 g/mol. The Morgan fingerprint density at radius 1 is 1.23 bits per heavy atom. The average Bonchev–Trinajstić information content (AvgIpc) is 2.88. The van der Waals surface area contributed by atoms with Crippen molar-refractivity contribution in [3.05, 3.63) is 65.3 Å². The van der Waals surface area contributed by atoms with Gasteiger partial charge in [-0.15, -0.1) is 0 Å². The fourth-order valence-corrected chi connectivity index (χ4v) is 4.61. The quantitative estimate of drug-likeness (QED) is 0.776. The molecule has 1 aromatic carbocycles. The Bertz CT molecular complexity index is 681. The third-order valence-corrected chi connectivity index (χ3v) is 6.05. The molecule has 2 N–H and O–H groups in total. The van der Waals surface area contributed by atoms with Crippen LogP contribution in [-0.2, 0) is 0 Å². The summed E-state index contributed by atoms with van der Waals surface area (Å²) < 4.78 is -0.174. The average molecular weight is 351 g/mol. The number of nitrogens with one attached hydrogen (secondary N) is 1. The summed E-state index contributed by atoms with van der Waals surface area (Å²) in [5, 5.41) is 10.4.